The Morgan fingerprint density at radius 1 is 1.38 bits per heavy atom. The molecule has 0 amide bonds. The van der Waals surface area contributed by atoms with E-state index in [2.05, 4.69) is 0 Å². The molecule has 0 atom stereocenters. The monoisotopic (exact) mass is 243 g/mol. The standard InChI is InChI=1S/C10H10ClNO4/c11-8-4-7(6-12(13)14)5-9-10(8)16-3-1-2-15-9/h4-5H,1-3,6H2. The molecule has 0 saturated carbocycles. The Kier molecular flexibility index (Phi) is 3.14. The predicted octanol–water partition coefficient (Wildman–Crippen LogP) is 2.28. The highest BCUT2D eigenvalue weighted by atomic mass is 35.5. The summed E-state index contributed by atoms with van der Waals surface area (Å²) < 4.78 is 10.8. The fraction of sp³-hybridized carbons (Fsp3) is 0.400. The van der Waals surface area contributed by atoms with E-state index in [0.717, 1.165) is 6.42 Å². The second-order valence-electron chi connectivity index (χ2n) is 3.45. The number of fused-ring (bicyclic) bond motifs is 1. The highest BCUT2D eigenvalue weighted by Crippen LogP contribution is 2.38. The van der Waals surface area contributed by atoms with Crippen molar-refractivity contribution >= 4 is 11.6 Å². The highest BCUT2D eigenvalue weighted by molar-refractivity contribution is 6.32. The van der Waals surface area contributed by atoms with Crippen LogP contribution in [0.15, 0.2) is 12.1 Å². The van der Waals surface area contributed by atoms with Crippen LogP contribution < -0.4 is 9.47 Å². The molecule has 0 fully saturated rings. The molecule has 1 aromatic carbocycles. The Bertz CT molecular complexity index is 422. The zero-order valence-corrected chi connectivity index (χ0v) is 9.20. The van der Waals surface area contributed by atoms with Crippen LogP contribution in [0.1, 0.15) is 12.0 Å². The van der Waals surface area contributed by atoms with Crippen molar-refractivity contribution < 1.29 is 14.4 Å². The molecule has 1 heterocycles. The summed E-state index contributed by atoms with van der Waals surface area (Å²) in [6, 6.07) is 3.15. The maximum absolute atomic E-state index is 10.4. The lowest BCUT2D eigenvalue weighted by atomic mass is 10.2. The fourth-order valence-electron chi connectivity index (χ4n) is 1.52. The van der Waals surface area contributed by atoms with Gasteiger partial charge in [-0.15, -0.1) is 0 Å². The summed E-state index contributed by atoms with van der Waals surface area (Å²) in [5.74, 6) is 0.966. The SMILES string of the molecule is O=[N+]([O-])Cc1cc(Cl)c2c(c1)OCCCO2. The molecule has 0 radical (unpaired) electrons. The second kappa shape index (κ2) is 4.57. The Morgan fingerprint density at radius 3 is 2.88 bits per heavy atom. The van der Waals surface area contributed by atoms with Crippen LogP contribution in [0, 0.1) is 10.1 Å². The van der Waals surface area contributed by atoms with Crippen molar-refractivity contribution in [2.24, 2.45) is 0 Å². The van der Waals surface area contributed by atoms with Crippen molar-refractivity contribution in [1.29, 1.82) is 0 Å². The van der Waals surface area contributed by atoms with E-state index >= 15 is 0 Å². The smallest absolute Gasteiger partial charge is 0.229 e. The van der Waals surface area contributed by atoms with E-state index in [1.54, 1.807) is 6.07 Å². The Morgan fingerprint density at radius 2 is 2.12 bits per heavy atom. The summed E-state index contributed by atoms with van der Waals surface area (Å²) >= 11 is 5.98. The molecular formula is C10H10ClNO4. The zero-order chi connectivity index (χ0) is 11.5. The number of rotatable bonds is 2. The minimum atomic E-state index is -0.407. The summed E-state index contributed by atoms with van der Waals surface area (Å²) in [5, 5.41) is 10.8. The number of hydrogen-bond acceptors (Lipinski definition) is 4. The van der Waals surface area contributed by atoms with Crippen LogP contribution in [0.25, 0.3) is 0 Å². The summed E-state index contributed by atoms with van der Waals surface area (Å²) in [6.45, 7) is 0.808. The highest BCUT2D eigenvalue weighted by Gasteiger charge is 2.17. The van der Waals surface area contributed by atoms with Crippen LogP contribution in [0.5, 0.6) is 11.5 Å². The molecule has 1 aromatic rings. The molecule has 5 nitrogen and oxygen atoms in total. The molecule has 1 aliphatic heterocycles. The summed E-state index contributed by atoms with van der Waals surface area (Å²) in [4.78, 5) is 10.00. The fourth-order valence-corrected chi connectivity index (χ4v) is 1.81. The van der Waals surface area contributed by atoms with Gasteiger partial charge in [-0.25, -0.2) is 0 Å². The lowest BCUT2D eigenvalue weighted by molar-refractivity contribution is -0.496. The first-order chi connectivity index (χ1) is 7.66. The Labute approximate surface area is 97.1 Å². The summed E-state index contributed by atoms with van der Waals surface area (Å²) in [6.07, 6.45) is 0.773. The van der Waals surface area contributed by atoms with Gasteiger partial charge in [-0.2, -0.15) is 0 Å². The van der Waals surface area contributed by atoms with Crippen molar-refractivity contribution in [2.75, 3.05) is 13.2 Å². The first-order valence-electron chi connectivity index (χ1n) is 4.86. The van der Waals surface area contributed by atoms with Crippen molar-refractivity contribution in [3.8, 4) is 11.5 Å². The number of nitro groups is 1. The van der Waals surface area contributed by atoms with E-state index in [-0.39, 0.29) is 6.54 Å². The average Bonchev–Trinajstić information content (AvgIpc) is 2.41. The van der Waals surface area contributed by atoms with Crippen LogP contribution in [0.2, 0.25) is 5.02 Å². The summed E-state index contributed by atoms with van der Waals surface area (Å²) in [7, 11) is 0. The molecule has 0 unspecified atom stereocenters. The number of nitrogens with zero attached hydrogens (tertiary/aromatic N) is 1. The Hall–Kier alpha value is -1.49. The minimum absolute atomic E-state index is 0.268. The Balaban J connectivity index is 2.35. The average molecular weight is 244 g/mol. The van der Waals surface area contributed by atoms with E-state index in [1.165, 1.54) is 6.07 Å². The van der Waals surface area contributed by atoms with Gasteiger partial charge in [0.15, 0.2) is 11.5 Å². The molecule has 2 rings (SSSR count). The molecular weight excluding hydrogens is 234 g/mol. The van der Waals surface area contributed by atoms with Gasteiger partial charge in [-0.3, -0.25) is 10.1 Å². The van der Waals surface area contributed by atoms with E-state index in [9.17, 15) is 10.1 Å². The van der Waals surface area contributed by atoms with E-state index < -0.39 is 4.92 Å². The largest absolute Gasteiger partial charge is 0.489 e. The predicted molar refractivity (Wildman–Crippen MR) is 57.8 cm³/mol. The number of benzene rings is 1. The minimum Gasteiger partial charge on any atom is -0.489 e. The van der Waals surface area contributed by atoms with E-state index in [4.69, 9.17) is 21.1 Å². The third-order valence-electron chi connectivity index (χ3n) is 2.17. The first-order valence-corrected chi connectivity index (χ1v) is 5.24. The quantitative estimate of drug-likeness (QED) is 0.591. The topological polar surface area (TPSA) is 61.6 Å². The molecule has 1 aliphatic rings. The summed E-state index contributed by atoms with van der Waals surface area (Å²) in [5.41, 5.74) is 0.513. The van der Waals surface area contributed by atoms with Crippen molar-refractivity contribution in [2.45, 2.75) is 13.0 Å². The van der Waals surface area contributed by atoms with Crippen molar-refractivity contribution in [3.05, 3.63) is 32.8 Å². The van der Waals surface area contributed by atoms with Crippen LogP contribution in [0.3, 0.4) is 0 Å². The van der Waals surface area contributed by atoms with Gasteiger partial charge >= 0.3 is 0 Å². The number of ether oxygens (including phenoxy) is 2. The second-order valence-corrected chi connectivity index (χ2v) is 3.85. The van der Waals surface area contributed by atoms with Gasteiger partial charge in [-0.1, -0.05) is 11.6 Å². The number of halogens is 1. The normalized spacial score (nSPS) is 14.3. The molecule has 6 heteroatoms. The van der Waals surface area contributed by atoms with Crippen LogP contribution in [0.4, 0.5) is 0 Å². The molecule has 0 saturated heterocycles. The van der Waals surface area contributed by atoms with Crippen LogP contribution in [-0.4, -0.2) is 18.1 Å². The van der Waals surface area contributed by atoms with Gasteiger partial charge in [-0.05, 0) is 12.1 Å². The van der Waals surface area contributed by atoms with Gasteiger partial charge in [0.05, 0.1) is 18.2 Å². The van der Waals surface area contributed by atoms with Crippen LogP contribution >= 0.6 is 11.6 Å². The molecule has 0 bridgehead atoms. The third-order valence-corrected chi connectivity index (χ3v) is 2.45. The molecule has 0 spiro atoms. The molecule has 16 heavy (non-hydrogen) atoms. The maximum Gasteiger partial charge on any atom is 0.229 e. The lowest BCUT2D eigenvalue weighted by Crippen LogP contribution is -2.00. The third kappa shape index (κ3) is 2.36. The maximum atomic E-state index is 10.4. The zero-order valence-electron chi connectivity index (χ0n) is 8.44. The van der Waals surface area contributed by atoms with Crippen molar-refractivity contribution in [3.63, 3.8) is 0 Å². The van der Waals surface area contributed by atoms with Gasteiger partial charge < -0.3 is 9.47 Å². The molecule has 0 N–H and O–H groups in total. The molecule has 0 aromatic heterocycles. The molecule has 86 valence electrons. The van der Waals surface area contributed by atoms with Gasteiger partial charge in [0.25, 0.3) is 0 Å². The van der Waals surface area contributed by atoms with Gasteiger partial charge in [0.1, 0.15) is 0 Å². The first kappa shape index (κ1) is 11.0. The van der Waals surface area contributed by atoms with Crippen molar-refractivity contribution in [1.82, 2.24) is 0 Å². The van der Waals surface area contributed by atoms with Crippen LogP contribution in [-0.2, 0) is 6.54 Å². The van der Waals surface area contributed by atoms with E-state index in [0.29, 0.717) is 35.3 Å². The van der Waals surface area contributed by atoms with Gasteiger partial charge in [0.2, 0.25) is 6.54 Å². The van der Waals surface area contributed by atoms with E-state index in [1.807, 2.05) is 0 Å². The number of hydrogen-bond donors (Lipinski definition) is 0. The van der Waals surface area contributed by atoms with Gasteiger partial charge in [0, 0.05) is 16.9 Å². The lowest BCUT2D eigenvalue weighted by Gasteiger charge is -2.09. The molecule has 0 aliphatic carbocycles.